The van der Waals surface area contributed by atoms with Gasteiger partial charge in [-0.1, -0.05) is 21.5 Å². The molecule has 0 aromatic heterocycles. The van der Waals surface area contributed by atoms with Gasteiger partial charge in [-0.15, -0.1) is 13.2 Å². The molecule has 0 heterocycles. The van der Waals surface area contributed by atoms with Crippen molar-refractivity contribution in [3.63, 3.8) is 0 Å². The van der Waals surface area contributed by atoms with Crippen LogP contribution in [0.3, 0.4) is 0 Å². The molecule has 0 radical (unpaired) electrons. The van der Waals surface area contributed by atoms with Crippen LogP contribution in [0.15, 0.2) is 25.3 Å². The van der Waals surface area contributed by atoms with E-state index in [0.29, 0.717) is 0 Å². The highest BCUT2D eigenvalue weighted by Gasteiger charge is 2.20. The number of aliphatic hydroxyl groups excluding tert-OH is 3. The first-order chi connectivity index (χ1) is 7.49. The quantitative estimate of drug-likeness (QED) is 0.348. The maximum atomic E-state index is 8.34. The largest absolute Gasteiger partial charge is 0.394 e. The summed E-state index contributed by atoms with van der Waals surface area (Å²) in [5.74, 6) is 0. The zero-order valence-corrected chi connectivity index (χ0v) is 10.7. The van der Waals surface area contributed by atoms with E-state index in [0.717, 1.165) is 13.1 Å². The molecule has 16 heavy (non-hydrogen) atoms. The minimum Gasteiger partial charge on any atom is -0.394 e. The lowest BCUT2D eigenvalue weighted by Crippen LogP contribution is -2.50. The Labute approximate surface area is 99.5 Å². The fourth-order valence-corrected chi connectivity index (χ4v) is 0.854. The van der Waals surface area contributed by atoms with Crippen molar-refractivity contribution in [1.29, 1.82) is 0 Å². The van der Waals surface area contributed by atoms with Crippen LogP contribution in [0.25, 0.3) is 0 Å². The second-order valence-electron chi connectivity index (χ2n) is 3.37. The Kier molecular flexibility index (Phi) is 12.7. The van der Waals surface area contributed by atoms with Gasteiger partial charge in [-0.05, 0) is 0 Å². The standard InChI is InChI=1S/C6H12NP.C4H11NO3/c1-3-5-7(8)6-4-2;5-4(1-6,2-7)3-8/h3-4H,1-2,5-6,8H2;6-8H,1-3,5H2. The molecule has 0 fully saturated rings. The van der Waals surface area contributed by atoms with Crippen molar-refractivity contribution in [2.45, 2.75) is 5.54 Å². The van der Waals surface area contributed by atoms with Crippen molar-refractivity contribution >= 4 is 9.39 Å². The summed E-state index contributed by atoms with van der Waals surface area (Å²) < 4.78 is 2.04. The third-order valence-corrected chi connectivity index (χ3v) is 2.09. The molecule has 0 aliphatic rings. The van der Waals surface area contributed by atoms with Crippen molar-refractivity contribution in [2.24, 2.45) is 5.73 Å². The van der Waals surface area contributed by atoms with Gasteiger partial charge in [0.1, 0.15) is 0 Å². The summed E-state index contributed by atoms with van der Waals surface area (Å²) in [5, 5.41) is 25.0. The van der Waals surface area contributed by atoms with Crippen LogP contribution in [0, 0.1) is 0 Å². The Bertz CT molecular complexity index is 169. The average Bonchev–Trinajstić information content (AvgIpc) is 2.30. The highest BCUT2D eigenvalue weighted by Crippen LogP contribution is 1.95. The summed E-state index contributed by atoms with van der Waals surface area (Å²) in [4.78, 5) is 0. The van der Waals surface area contributed by atoms with E-state index in [1.807, 2.05) is 16.8 Å². The predicted molar refractivity (Wildman–Crippen MR) is 69.9 cm³/mol. The van der Waals surface area contributed by atoms with Crippen LogP contribution in [0.2, 0.25) is 0 Å². The fourth-order valence-electron chi connectivity index (χ4n) is 0.556. The van der Waals surface area contributed by atoms with E-state index < -0.39 is 25.4 Å². The Hall–Kier alpha value is -0.290. The highest BCUT2D eigenvalue weighted by atomic mass is 31.0. The topological polar surface area (TPSA) is 90.0 Å². The molecule has 5 N–H and O–H groups in total. The Balaban J connectivity index is 0. The van der Waals surface area contributed by atoms with Crippen LogP contribution < -0.4 is 5.73 Å². The molecule has 5 nitrogen and oxygen atoms in total. The van der Waals surface area contributed by atoms with Gasteiger partial charge in [-0.2, -0.15) is 0 Å². The molecular weight excluding hydrogens is 227 g/mol. The van der Waals surface area contributed by atoms with E-state index in [2.05, 4.69) is 22.5 Å². The first-order valence-electron chi connectivity index (χ1n) is 4.82. The van der Waals surface area contributed by atoms with E-state index in [4.69, 9.17) is 21.1 Å². The molecule has 0 saturated heterocycles. The smallest absolute Gasteiger partial charge is 0.0856 e. The molecule has 0 spiro atoms. The van der Waals surface area contributed by atoms with Crippen molar-refractivity contribution in [3.8, 4) is 0 Å². The molecule has 0 aromatic carbocycles. The number of aliphatic hydroxyl groups is 3. The average molecular weight is 250 g/mol. The Morgan fingerprint density at radius 1 is 1.06 bits per heavy atom. The van der Waals surface area contributed by atoms with E-state index in [-0.39, 0.29) is 0 Å². The zero-order chi connectivity index (χ0) is 13.0. The lowest BCUT2D eigenvalue weighted by atomic mass is 10.1. The van der Waals surface area contributed by atoms with Crippen LogP contribution in [-0.4, -0.2) is 58.4 Å². The Morgan fingerprint density at radius 3 is 1.50 bits per heavy atom. The minimum absolute atomic E-state index is 0.403. The van der Waals surface area contributed by atoms with Gasteiger partial charge in [0.15, 0.2) is 0 Å². The summed E-state index contributed by atoms with van der Waals surface area (Å²) in [6.45, 7) is 7.78. The lowest BCUT2D eigenvalue weighted by Gasteiger charge is -2.20. The van der Waals surface area contributed by atoms with Crippen LogP contribution in [0.1, 0.15) is 0 Å². The van der Waals surface area contributed by atoms with Gasteiger partial charge < -0.3 is 21.1 Å². The van der Waals surface area contributed by atoms with Crippen molar-refractivity contribution < 1.29 is 15.3 Å². The van der Waals surface area contributed by atoms with Crippen LogP contribution in [0.4, 0.5) is 0 Å². The van der Waals surface area contributed by atoms with Crippen LogP contribution in [-0.2, 0) is 0 Å². The summed E-state index contributed by atoms with van der Waals surface area (Å²) >= 11 is 0. The summed E-state index contributed by atoms with van der Waals surface area (Å²) in [7, 11) is 2.59. The first-order valence-corrected chi connectivity index (χ1v) is 5.34. The highest BCUT2D eigenvalue weighted by molar-refractivity contribution is 7.13. The number of hydrogen-bond donors (Lipinski definition) is 4. The number of nitrogens with two attached hydrogens (primary N) is 1. The third-order valence-electron chi connectivity index (χ3n) is 1.67. The maximum Gasteiger partial charge on any atom is 0.0856 e. The van der Waals surface area contributed by atoms with E-state index in [1.54, 1.807) is 0 Å². The van der Waals surface area contributed by atoms with Gasteiger partial charge in [-0.25, -0.2) is 0 Å². The molecular formula is C10H23N2O3P. The minimum atomic E-state index is -1.21. The van der Waals surface area contributed by atoms with E-state index in [9.17, 15) is 0 Å². The summed E-state index contributed by atoms with van der Waals surface area (Å²) in [5.41, 5.74) is 3.94. The second kappa shape index (κ2) is 11.2. The predicted octanol–water partition coefficient (Wildman–Crippen LogP) is -0.889. The van der Waals surface area contributed by atoms with Crippen molar-refractivity contribution in [3.05, 3.63) is 25.3 Å². The second-order valence-corrected chi connectivity index (χ2v) is 4.10. The van der Waals surface area contributed by atoms with Crippen LogP contribution in [0.5, 0.6) is 0 Å². The van der Waals surface area contributed by atoms with Crippen LogP contribution >= 0.6 is 9.39 Å². The molecule has 96 valence electrons. The van der Waals surface area contributed by atoms with Crippen molar-refractivity contribution in [1.82, 2.24) is 4.67 Å². The SMILES string of the molecule is C=CCN(P)CC=C.NC(CO)(CO)CO. The maximum absolute atomic E-state index is 8.34. The molecule has 1 unspecified atom stereocenters. The van der Waals surface area contributed by atoms with Gasteiger partial charge >= 0.3 is 0 Å². The zero-order valence-electron chi connectivity index (χ0n) is 9.55. The monoisotopic (exact) mass is 250 g/mol. The van der Waals surface area contributed by atoms with E-state index >= 15 is 0 Å². The molecule has 0 rings (SSSR count). The molecule has 0 amide bonds. The Morgan fingerprint density at radius 2 is 1.38 bits per heavy atom. The number of rotatable bonds is 7. The molecule has 1 atom stereocenters. The molecule has 6 heteroatoms. The molecule has 0 aliphatic heterocycles. The molecule has 0 saturated carbocycles. The number of hydrogen-bond acceptors (Lipinski definition) is 5. The summed E-state index contributed by atoms with van der Waals surface area (Å²) in [6, 6.07) is 0. The van der Waals surface area contributed by atoms with Gasteiger partial charge in [0.2, 0.25) is 0 Å². The molecule has 0 aromatic rings. The third kappa shape index (κ3) is 10.2. The number of nitrogens with zero attached hydrogens (tertiary/aromatic N) is 1. The lowest BCUT2D eigenvalue weighted by molar-refractivity contribution is 0.0698. The first kappa shape index (κ1) is 18.1. The molecule has 0 aliphatic carbocycles. The van der Waals surface area contributed by atoms with Gasteiger partial charge in [0, 0.05) is 13.1 Å². The van der Waals surface area contributed by atoms with Gasteiger partial charge in [0.05, 0.1) is 25.4 Å². The van der Waals surface area contributed by atoms with Crippen molar-refractivity contribution in [2.75, 3.05) is 32.9 Å². The molecule has 0 bridgehead atoms. The van der Waals surface area contributed by atoms with Gasteiger partial charge in [-0.3, -0.25) is 4.67 Å². The van der Waals surface area contributed by atoms with Gasteiger partial charge in [0.25, 0.3) is 0 Å². The summed E-state index contributed by atoms with van der Waals surface area (Å²) in [6.07, 6.45) is 3.72. The van der Waals surface area contributed by atoms with E-state index in [1.165, 1.54) is 0 Å². The normalized spacial score (nSPS) is 10.6. The fraction of sp³-hybridized carbons (Fsp3) is 0.600.